The molecule has 0 radical (unpaired) electrons. The molecule has 1 aromatic rings. The summed E-state index contributed by atoms with van der Waals surface area (Å²) in [5, 5.41) is 10.8. The summed E-state index contributed by atoms with van der Waals surface area (Å²) in [5.41, 5.74) is 6.29. The third kappa shape index (κ3) is 2.91. The second-order valence-corrected chi connectivity index (χ2v) is 3.85. The molecule has 0 saturated heterocycles. The van der Waals surface area contributed by atoms with Crippen molar-refractivity contribution < 1.29 is 4.92 Å². The Bertz CT molecular complexity index is 368. The quantitative estimate of drug-likeness (QED) is 0.636. The van der Waals surface area contributed by atoms with Crippen LogP contribution in [0.4, 0.5) is 5.69 Å². The fraction of sp³-hybridized carbons (Fsp3) is 0.400. The van der Waals surface area contributed by atoms with Gasteiger partial charge in [0.1, 0.15) is 5.02 Å². The lowest BCUT2D eigenvalue weighted by atomic mass is 9.97. The zero-order valence-corrected chi connectivity index (χ0v) is 9.20. The molecule has 1 unspecified atom stereocenters. The largest absolute Gasteiger partial charge is 0.330 e. The second kappa shape index (κ2) is 5.09. The van der Waals surface area contributed by atoms with Gasteiger partial charge in [-0.1, -0.05) is 24.6 Å². The van der Waals surface area contributed by atoms with Crippen LogP contribution in [0.3, 0.4) is 0 Å². The molecular formula is C10H13ClN2O2. The van der Waals surface area contributed by atoms with Gasteiger partial charge in [-0.3, -0.25) is 10.1 Å². The molecule has 1 atom stereocenters. The van der Waals surface area contributed by atoms with Gasteiger partial charge in [-0.05, 0) is 30.5 Å². The predicted molar refractivity (Wildman–Crippen MR) is 60.2 cm³/mol. The fourth-order valence-corrected chi connectivity index (χ4v) is 1.58. The van der Waals surface area contributed by atoms with Gasteiger partial charge < -0.3 is 5.73 Å². The van der Waals surface area contributed by atoms with Crippen molar-refractivity contribution in [3.05, 3.63) is 38.9 Å². The number of nitro groups is 1. The van der Waals surface area contributed by atoms with E-state index in [4.69, 9.17) is 17.3 Å². The highest BCUT2D eigenvalue weighted by Crippen LogP contribution is 2.29. The van der Waals surface area contributed by atoms with Gasteiger partial charge in [-0.15, -0.1) is 0 Å². The first-order chi connectivity index (χ1) is 7.06. The van der Waals surface area contributed by atoms with Gasteiger partial charge in [0.25, 0.3) is 5.69 Å². The molecule has 15 heavy (non-hydrogen) atoms. The molecule has 5 heteroatoms. The van der Waals surface area contributed by atoms with E-state index in [0.717, 1.165) is 12.0 Å². The van der Waals surface area contributed by atoms with Crippen LogP contribution in [0, 0.1) is 10.1 Å². The van der Waals surface area contributed by atoms with Crippen LogP contribution in [-0.4, -0.2) is 11.5 Å². The summed E-state index contributed by atoms with van der Waals surface area (Å²) >= 11 is 5.71. The van der Waals surface area contributed by atoms with Crippen LogP contribution in [0.15, 0.2) is 18.2 Å². The number of nitrogens with two attached hydrogens (primary N) is 1. The number of halogens is 1. The summed E-state index contributed by atoms with van der Waals surface area (Å²) in [6, 6.07) is 4.88. The maximum absolute atomic E-state index is 10.7. The van der Waals surface area contributed by atoms with Crippen LogP contribution < -0.4 is 5.73 Å². The molecule has 1 aromatic carbocycles. The van der Waals surface area contributed by atoms with Gasteiger partial charge >= 0.3 is 0 Å². The van der Waals surface area contributed by atoms with E-state index in [9.17, 15) is 10.1 Å². The summed E-state index contributed by atoms with van der Waals surface area (Å²) in [5.74, 6) is 0.214. The predicted octanol–water partition coefficient (Wildman–Crippen LogP) is 2.70. The van der Waals surface area contributed by atoms with E-state index < -0.39 is 4.92 Å². The molecule has 0 spiro atoms. The summed E-state index contributed by atoms with van der Waals surface area (Å²) < 4.78 is 0. The van der Waals surface area contributed by atoms with E-state index >= 15 is 0 Å². The lowest BCUT2D eigenvalue weighted by Gasteiger charge is -2.10. The summed E-state index contributed by atoms with van der Waals surface area (Å²) in [6.45, 7) is 2.55. The van der Waals surface area contributed by atoms with Gasteiger partial charge in [-0.2, -0.15) is 0 Å². The standard InChI is InChI=1S/C10H13ClN2O2/c1-7(4-5-12)8-2-3-9(11)10(6-8)13(14)15/h2-3,6-7H,4-5,12H2,1H3. The van der Waals surface area contributed by atoms with Crippen molar-refractivity contribution in [3.8, 4) is 0 Å². The number of nitro benzene ring substituents is 1. The van der Waals surface area contributed by atoms with E-state index in [2.05, 4.69) is 0 Å². The Hall–Kier alpha value is -1.13. The van der Waals surface area contributed by atoms with Crippen molar-refractivity contribution in [1.82, 2.24) is 0 Å². The molecule has 0 amide bonds. The molecule has 0 heterocycles. The van der Waals surface area contributed by atoms with Crippen molar-refractivity contribution >= 4 is 17.3 Å². The van der Waals surface area contributed by atoms with Crippen molar-refractivity contribution in [3.63, 3.8) is 0 Å². The minimum Gasteiger partial charge on any atom is -0.330 e. The summed E-state index contributed by atoms with van der Waals surface area (Å²) in [7, 11) is 0. The number of nitrogens with zero attached hydrogens (tertiary/aromatic N) is 1. The minimum absolute atomic E-state index is 0.0435. The van der Waals surface area contributed by atoms with E-state index in [1.807, 2.05) is 6.92 Å². The third-order valence-electron chi connectivity index (χ3n) is 2.34. The van der Waals surface area contributed by atoms with E-state index in [0.29, 0.717) is 6.54 Å². The molecule has 0 saturated carbocycles. The van der Waals surface area contributed by atoms with Crippen LogP contribution in [-0.2, 0) is 0 Å². The van der Waals surface area contributed by atoms with Gasteiger partial charge in [0.15, 0.2) is 0 Å². The molecular weight excluding hydrogens is 216 g/mol. The monoisotopic (exact) mass is 228 g/mol. The summed E-state index contributed by atoms with van der Waals surface area (Å²) in [6.07, 6.45) is 0.804. The molecule has 0 aliphatic heterocycles. The third-order valence-corrected chi connectivity index (χ3v) is 2.66. The number of hydrogen-bond acceptors (Lipinski definition) is 3. The highest BCUT2D eigenvalue weighted by Gasteiger charge is 2.15. The molecule has 82 valence electrons. The summed E-state index contributed by atoms with van der Waals surface area (Å²) in [4.78, 5) is 10.2. The number of rotatable bonds is 4. The zero-order chi connectivity index (χ0) is 11.4. The van der Waals surface area contributed by atoms with Gasteiger partial charge in [0, 0.05) is 6.07 Å². The fourth-order valence-electron chi connectivity index (χ4n) is 1.39. The van der Waals surface area contributed by atoms with Crippen LogP contribution in [0.5, 0.6) is 0 Å². The van der Waals surface area contributed by atoms with Crippen LogP contribution in [0.1, 0.15) is 24.8 Å². The minimum atomic E-state index is -0.471. The number of hydrogen-bond donors (Lipinski definition) is 1. The van der Waals surface area contributed by atoms with Crippen molar-refractivity contribution in [2.75, 3.05) is 6.54 Å². The Kier molecular flexibility index (Phi) is 4.05. The molecule has 1 rings (SSSR count). The van der Waals surface area contributed by atoms with Crippen LogP contribution in [0.2, 0.25) is 5.02 Å². The average molecular weight is 229 g/mol. The van der Waals surface area contributed by atoms with Gasteiger partial charge in [-0.25, -0.2) is 0 Å². The van der Waals surface area contributed by atoms with Crippen molar-refractivity contribution in [2.45, 2.75) is 19.3 Å². The maximum atomic E-state index is 10.7. The molecule has 0 aromatic heterocycles. The Morgan fingerprint density at radius 1 is 1.60 bits per heavy atom. The second-order valence-electron chi connectivity index (χ2n) is 3.45. The normalized spacial score (nSPS) is 12.5. The molecule has 0 aliphatic rings. The van der Waals surface area contributed by atoms with E-state index in [1.54, 1.807) is 12.1 Å². The molecule has 0 aliphatic carbocycles. The Balaban J connectivity index is 3.02. The first-order valence-electron chi connectivity index (χ1n) is 4.70. The van der Waals surface area contributed by atoms with Crippen molar-refractivity contribution in [2.24, 2.45) is 5.73 Å². The highest BCUT2D eigenvalue weighted by molar-refractivity contribution is 6.32. The first kappa shape index (κ1) is 11.9. The lowest BCUT2D eigenvalue weighted by molar-refractivity contribution is -0.384. The maximum Gasteiger partial charge on any atom is 0.288 e. The lowest BCUT2D eigenvalue weighted by Crippen LogP contribution is -2.04. The molecule has 4 nitrogen and oxygen atoms in total. The van der Waals surface area contributed by atoms with E-state index in [-0.39, 0.29) is 16.6 Å². The SMILES string of the molecule is CC(CCN)c1ccc(Cl)c([N+](=O)[O-])c1. The Morgan fingerprint density at radius 2 is 2.27 bits per heavy atom. The first-order valence-corrected chi connectivity index (χ1v) is 5.08. The van der Waals surface area contributed by atoms with Gasteiger partial charge in [0.05, 0.1) is 4.92 Å². The molecule has 2 N–H and O–H groups in total. The number of benzene rings is 1. The Labute approximate surface area is 93.2 Å². The molecule has 0 bridgehead atoms. The van der Waals surface area contributed by atoms with Crippen LogP contribution in [0.25, 0.3) is 0 Å². The zero-order valence-electron chi connectivity index (χ0n) is 8.44. The average Bonchev–Trinajstić information content (AvgIpc) is 2.18. The Morgan fingerprint density at radius 3 is 2.80 bits per heavy atom. The topological polar surface area (TPSA) is 69.2 Å². The smallest absolute Gasteiger partial charge is 0.288 e. The van der Waals surface area contributed by atoms with E-state index in [1.165, 1.54) is 6.07 Å². The van der Waals surface area contributed by atoms with Gasteiger partial charge in [0.2, 0.25) is 0 Å². The van der Waals surface area contributed by atoms with Crippen molar-refractivity contribution in [1.29, 1.82) is 0 Å². The molecule has 0 fully saturated rings. The van der Waals surface area contributed by atoms with Crippen LogP contribution >= 0.6 is 11.6 Å². The highest BCUT2D eigenvalue weighted by atomic mass is 35.5.